The van der Waals surface area contributed by atoms with Crippen molar-refractivity contribution in [3.05, 3.63) is 23.8 Å². The van der Waals surface area contributed by atoms with E-state index >= 15 is 0 Å². The molecule has 6 bridgehead atoms. The van der Waals surface area contributed by atoms with Gasteiger partial charge in [-0.05, 0) is 31.5 Å². The largest absolute Gasteiger partial charge is 0.504 e. The number of carbonyl (C=O) groups excluding carboxylic acids is 1. The van der Waals surface area contributed by atoms with E-state index < -0.39 is 77.9 Å². The maximum Gasteiger partial charge on any atom is 0.338 e. The molecule has 11 atom stereocenters. The molecule has 8 rings (SSSR count). The molecular formula is C24H30O13. The number of phenolic OH excluding ortho intramolecular Hbond substituents is 1. The van der Waals surface area contributed by atoms with Crippen LogP contribution in [0.4, 0.5) is 0 Å². The van der Waals surface area contributed by atoms with Crippen LogP contribution >= 0.6 is 0 Å². The molecule has 1 aromatic rings. The molecule has 13 heteroatoms. The number of aliphatic hydroxyl groups excluding tert-OH is 4. The number of esters is 1. The molecule has 3 saturated carbocycles. The van der Waals surface area contributed by atoms with E-state index in [1.165, 1.54) is 25.3 Å². The van der Waals surface area contributed by atoms with Crippen molar-refractivity contribution >= 4 is 5.97 Å². The van der Waals surface area contributed by atoms with E-state index in [2.05, 4.69) is 0 Å². The Morgan fingerprint density at radius 3 is 2.62 bits per heavy atom. The van der Waals surface area contributed by atoms with Crippen molar-refractivity contribution in [2.75, 3.05) is 20.3 Å². The molecule has 4 aliphatic heterocycles. The topological polar surface area (TPSA) is 194 Å². The molecule has 6 N–H and O–H groups in total. The molecule has 204 valence electrons. The van der Waals surface area contributed by atoms with Gasteiger partial charge in [0.2, 0.25) is 0 Å². The molecule has 0 spiro atoms. The predicted octanol–water partition coefficient (Wildman–Crippen LogP) is -1.64. The maximum absolute atomic E-state index is 12.9. The fraction of sp³-hybridized carbons (Fsp3) is 0.708. The zero-order valence-electron chi connectivity index (χ0n) is 20.1. The number of hydrogen-bond donors (Lipinski definition) is 6. The first-order valence-corrected chi connectivity index (χ1v) is 12.1. The van der Waals surface area contributed by atoms with Crippen LogP contribution in [0.25, 0.3) is 0 Å². The lowest BCUT2D eigenvalue weighted by molar-refractivity contribution is -0.424. The van der Waals surface area contributed by atoms with Crippen LogP contribution in [-0.4, -0.2) is 111 Å². The van der Waals surface area contributed by atoms with E-state index in [1.54, 1.807) is 6.92 Å². The number of rotatable bonds is 7. The fourth-order valence-electron chi connectivity index (χ4n) is 7.10. The lowest BCUT2D eigenvalue weighted by Crippen LogP contribution is -2.80. The Bertz CT molecular complexity index is 1110. The molecule has 37 heavy (non-hydrogen) atoms. The third kappa shape index (κ3) is 3.03. The molecule has 4 saturated heterocycles. The second-order valence-corrected chi connectivity index (χ2v) is 10.7. The maximum atomic E-state index is 12.9. The van der Waals surface area contributed by atoms with Gasteiger partial charge >= 0.3 is 5.97 Å². The Balaban J connectivity index is 1.30. The second-order valence-electron chi connectivity index (χ2n) is 10.7. The zero-order chi connectivity index (χ0) is 26.5. The summed E-state index contributed by atoms with van der Waals surface area (Å²) < 4.78 is 34.7. The molecule has 13 nitrogen and oxygen atoms in total. The number of benzene rings is 1. The Morgan fingerprint density at radius 1 is 1.16 bits per heavy atom. The first-order chi connectivity index (χ1) is 17.4. The SMILES string of the molecule is COc1cc(C(=O)OC[C@]23[C@H]4OC5(O)CC(C)(O4)[C@@]2(O[C@@H]2O[C@H](CO)[C@@H](O)[C@H](O)[C@H]2O)C[C@@H]53)ccc1O. The van der Waals surface area contributed by atoms with Crippen LogP contribution in [-0.2, 0) is 23.7 Å². The van der Waals surface area contributed by atoms with Crippen LogP contribution < -0.4 is 4.74 Å². The smallest absolute Gasteiger partial charge is 0.338 e. The lowest BCUT2D eigenvalue weighted by Gasteiger charge is -2.67. The van der Waals surface area contributed by atoms with Crippen molar-refractivity contribution in [3.63, 3.8) is 0 Å². The number of phenols is 1. The minimum Gasteiger partial charge on any atom is -0.504 e. The van der Waals surface area contributed by atoms with Crippen molar-refractivity contribution < 1.29 is 63.9 Å². The molecule has 2 unspecified atom stereocenters. The minimum absolute atomic E-state index is 0.0451. The van der Waals surface area contributed by atoms with Gasteiger partial charge in [-0.3, -0.25) is 0 Å². The Kier molecular flexibility index (Phi) is 5.44. The van der Waals surface area contributed by atoms with Gasteiger partial charge in [0.05, 0.1) is 24.7 Å². The van der Waals surface area contributed by atoms with Crippen LogP contribution in [0.1, 0.15) is 30.1 Å². The van der Waals surface area contributed by atoms with E-state index in [4.69, 9.17) is 28.4 Å². The highest BCUT2D eigenvalue weighted by Crippen LogP contribution is 2.81. The van der Waals surface area contributed by atoms with Crippen LogP contribution in [0, 0.1) is 11.3 Å². The van der Waals surface area contributed by atoms with Crippen LogP contribution in [0.3, 0.4) is 0 Å². The summed E-state index contributed by atoms with van der Waals surface area (Å²) in [5.74, 6) is -2.85. The monoisotopic (exact) mass is 526 g/mol. The van der Waals surface area contributed by atoms with Crippen molar-refractivity contribution in [1.82, 2.24) is 0 Å². The molecule has 0 aromatic heterocycles. The van der Waals surface area contributed by atoms with Gasteiger partial charge in [-0.25, -0.2) is 4.79 Å². The Labute approximate surface area is 211 Å². The second kappa shape index (κ2) is 7.97. The highest BCUT2D eigenvalue weighted by atomic mass is 16.8. The first-order valence-electron chi connectivity index (χ1n) is 12.1. The standard InChI is InChI=1S/C24H30O13/c1-21-8-23(31)14-6-24(21,35-19-17(29)16(28)15(27)13(7-25)34-19)22(14,20(36-21)37-23)9-33-18(30)10-3-4-11(26)12(5-10)32-2/h3-5,13-17,19-20,25-29,31H,6-9H2,1-2H3/t13-,14-,15-,16+,17-,19+,20-,21?,22+,23?,24+/m1/s1. The van der Waals surface area contributed by atoms with E-state index in [0.29, 0.717) is 0 Å². The first kappa shape index (κ1) is 25.2. The molecule has 7 aliphatic rings. The zero-order valence-corrected chi connectivity index (χ0v) is 20.1. The summed E-state index contributed by atoms with van der Waals surface area (Å²) in [6, 6.07) is 4.00. The summed E-state index contributed by atoms with van der Waals surface area (Å²) in [5.41, 5.74) is -3.46. The summed E-state index contributed by atoms with van der Waals surface area (Å²) in [4.78, 5) is 12.9. The van der Waals surface area contributed by atoms with Gasteiger partial charge < -0.3 is 59.1 Å². The van der Waals surface area contributed by atoms with Crippen molar-refractivity contribution in [2.45, 2.75) is 73.8 Å². The number of aliphatic hydroxyl groups is 5. The summed E-state index contributed by atoms with van der Waals surface area (Å²) in [6.45, 7) is 0.819. The van der Waals surface area contributed by atoms with Crippen LogP contribution in [0.5, 0.6) is 11.5 Å². The summed E-state index contributed by atoms with van der Waals surface area (Å²) in [7, 11) is 1.35. The number of ether oxygens (including phenoxy) is 6. The van der Waals surface area contributed by atoms with Gasteiger partial charge in [0.25, 0.3) is 0 Å². The van der Waals surface area contributed by atoms with E-state index in [9.17, 15) is 35.4 Å². The summed E-state index contributed by atoms with van der Waals surface area (Å²) in [5, 5.41) is 61.7. The van der Waals surface area contributed by atoms with Crippen molar-refractivity contribution in [2.24, 2.45) is 11.3 Å². The van der Waals surface area contributed by atoms with Gasteiger partial charge in [0.1, 0.15) is 42.2 Å². The summed E-state index contributed by atoms with van der Waals surface area (Å²) in [6.07, 6.45) is -8.24. The minimum atomic E-state index is -1.65. The highest BCUT2D eigenvalue weighted by Gasteiger charge is 2.94. The molecule has 7 fully saturated rings. The highest BCUT2D eigenvalue weighted by molar-refractivity contribution is 5.90. The fourth-order valence-corrected chi connectivity index (χ4v) is 7.10. The molecule has 3 aliphatic carbocycles. The lowest BCUT2D eigenvalue weighted by atomic mass is 9.41. The average Bonchev–Trinajstić information content (AvgIpc) is 3.05. The third-order valence-electron chi connectivity index (χ3n) is 8.98. The van der Waals surface area contributed by atoms with Crippen LogP contribution in [0.15, 0.2) is 18.2 Å². The number of carbonyl (C=O) groups is 1. The molecule has 4 heterocycles. The van der Waals surface area contributed by atoms with E-state index in [-0.39, 0.29) is 36.5 Å². The Morgan fingerprint density at radius 2 is 1.92 bits per heavy atom. The quantitative estimate of drug-likeness (QED) is 0.222. The van der Waals surface area contributed by atoms with E-state index in [1.807, 2.05) is 0 Å². The third-order valence-corrected chi connectivity index (χ3v) is 8.98. The van der Waals surface area contributed by atoms with Gasteiger partial charge in [0.15, 0.2) is 29.9 Å². The molecule has 0 amide bonds. The van der Waals surface area contributed by atoms with Gasteiger partial charge in [-0.15, -0.1) is 0 Å². The van der Waals surface area contributed by atoms with Crippen molar-refractivity contribution in [3.8, 4) is 11.5 Å². The Hall–Kier alpha value is -2.07. The molecule has 0 radical (unpaired) electrons. The number of aromatic hydroxyl groups is 1. The number of methoxy groups -OCH3 is 1. The molecular weight excluding hydrogens is 496 g/mol. The van der Waals surface area contributed by atoms with E-state index in [0.717, 1.165) is 0 Å². The van der Waals surface area contributed by atoms with Gasteiger partial charge in [0, 0.05) is 12.3 Å². The normalized spacial score (nSPS) is 49.1. The predicted molar refractivity (Wildman–Crippen MR) is 117 cm³/mol. The number of hydrogen-bond acceptors (Lipinski definition) is 13. The van der Waals surface area contributed by atoms with Crippen molar-refractivity contribution in [1.29, 1.82) is 0 Å². The summed E-state index contributed by atoms with van der Waals surface area (Å²) >= 11 is 0. The van der Waals surface area contributed by atoms with Crippen LogP contribution in [0.2, 0.25) is 0 Å². The average molecular weight is 526 g/mol. The molecule has 1 aromatic carbocycles. The van der Waals surface area contributed by atoms with Gasteiger partial charge in [-0.1, -0.05) is 0 Å². The van der Waals surface area contributed by atoms with Gasteiger partial charge in [-0.2, -0.15) is 0 Å².